The number of aromatic nitrogens is 1. The van der Waals surface area contributed by atoms with E-state index in [2.05, 4.69) is 65.7 Å². The van der Waals surface area contributed by atoms with Crippen molar-refractivity contribution in [2.24, 2.45) is 4.99 Å². The lowest BCUT2D eigenvalue weighted by molar-refractivity contribution is -0.0327. The summed E-state index contributed by atoms with van der Waals surface area (Å²) in [5.74, 6) is 0.884. The molecule has 2 N–H and O–H groups in total. The van der Waals surface area contributed by atoms with E-state index in [1.165, 1.54) is 9.75 Å². The van der Waals surface area contributed by atoms with Gasteiger partial charge in [0, 0.05) is 42.4 Å². The highest BCUT2D eigenvalue weighted by molar-refractivity contribution is 14.0. The third-order valence-electron chi connectivity index (χ3n) is 5.00. The Balaban J connectivity index is 0.00000320. The van der Waals surface area contributed by atoms with Gasteiger partial charge < -0.3 is 15.4 Å². The third-order valence-corrected chi connectivity index (χ3v) is 7.10. The number of guanidine groups is 1. The van der Waals surface area contributed by atoms with Crippen LogP contribution in [0.1, 0.15) is 40.3 Å². The highest BCUT2D eigenvalue weighted by atomic mass is 127. The second-order valence-electron chi connectivity index (χ2n) is 7.35. The normalized spacial score (nSPS) is 18.7. The van der Waals surface area contributed by atoms with E-state index in [0.717, 1.165) is 62.4 Å². The Morgan fingerprint density at radius 1 is 1.40 bits per heavy atom. The number of rotatable bonds is 8. The van der Waals surface area contributed by atoms with Crippen molar-refractivity contribution in [3.8, 4) is 0 Å². The molecule has 0 saturated carbocycles. The van der Waals surface area contributed by atoms with Gasteiger partial charge in [0.25, 0.3) is 0 Å². The number of morpholine rings is 1. The van der Waals surface area contributed by atoms with E-state index < -0.39 is 0 Å². The van der Waals surface area contributed by atoms with E-state index in [-0.39, 0.29) is 30.1 Å². The Morgan fingerprint density at radius 2 is 2.23 bits per heavy atom. The average Bonchev–Trinajstić information content (AvgIpc) is 3.32. The molecule has 0 aliphatic carbocycles. The van der Waals surface area contributed by atoms with Crippen LogP contribution in [0.15, 0.2) is 22.5 Å². The van der Waals surface area contributed by atoms with Crippen LogP contribution in [0.2, 0.25) is 0 Å². The molecule has 2 unspecified atom stereocenters. The number of thiophene rings is 1. The summed E-state index contributed by atoms with van der Waals surface area (Å²) in [6.07, 6.45) is 1.24. The minimum Gasteiger partial charge on any atom is -0.376 e. The van der Waals surface area contributed by atoms with Gasteiger partial charge in [-0.2, -0.15) is 0 Å². The number of aryl methyl sites for hydroxylation is 2. The molecule has 0 spiro atoms. The maximum absolute atomic E-state index is 5.74. The number of nitrogens with one attached hydrogen (secondary N) is 2. The van der Waals surface area contributed by atoms with Crippen molar-refractivity contribution in [2.45, 2.75) is 46.3 Å². The molecule has 2 atom stereocenters. The summed E-state index contributed by atoms with van der Waals surface area (Å²) < 4.78 is 5.74. The average molecular weight is 564 g/mol. The maximum Gasteiger partial charge on any atom is 0.191 e. The monoisotopic (exact) mass is 563 g/mol. The first-order valence-electron chi connectivity index (χ1n) is 10.4. The summed E-state index contributed by atoms with van der Waals surface area (Å²) in [5, 5.41) is 10.2. The minimum absolute atomic E-state index is 0. The minimum atomic E-state index is 0. The van der Waals surface area contributed by atoms with Crippen molar-refractivity contribution in [3.63, 3.8) is 0 Å². The van der Waals surface area contributed by atoms with Gasteiger partial charge in [-0.25, -0.2) is 4.98 Å². The second kappa shape index (κ2) is 12.9. The maximum atomic E-state index is 5.74. The van der Waals surface area contributed by atoms with Gasteiger partial charge in [-0.1, -0.05) is 6.07 Å². The van der Waals surface area contributed by atoms with E-state index in [9.17, 15) is 0 Å². The SMILES string of the molecule is CCNC(=NCC(c1cccs1)N1CCOC(C)C1)NCCc1sc(C)nc1C.I. The highest BCUT2D eigenvalue weighted by Crippen LogP contribution is 2.27. The van der Waals surface area contributed by atoms with Crippen molar-refractivity contribution >= 4 is 52.6 Å². The van der Waals surface area contributed by atoms with Crippen LogP contribution < -0.4 is 10.6 Å². The van der Waals surface area contributed by atoms with E-state index in [1.807, 2.05) is 11.3 Å². The van der Waals surface area contributed by atoms with Crippen LogP contribution in [0.25, 0.3) is 0 Å². The van der Waals surface area contributed by atoms with Gasteiger partial charge in [-0.15, -0.1) is 46.7 Å². The van der Waals surface area contributed by atoms with Gasteiger partial charge in [0.05, 0.1) is 36.0 Å². The molecule has 3 rings (SSSR count). The van der Waals surface area contributed by atoms with Gasteiger partial charge in [-0.05, 0) is 39.1 Å². The number of hydrogen-bond acceptors (Lipinski definition) is 6. The number of thiazole rings is 1. The van der Waals surface area contributed by atoms with E-state index in [0.29, 0.717) is 6.04 Å². The third kappa shape index (κ3) is 7.44. The Labute approximate surface area is 205 Å². The van der Waals surface area contributed by atoms with Crippen molar-refractivity contribution < 1.29 is 4.74 Å². The molecule has 6 nitrogen and oxygen atoms in total. The number of ether oxygens (including phenoxy) is 1. The summed E-state index contributed by atoms with van der Waals surface area (Å²) in [7, 11) is 0. The van der Waals surface area contributed by atoms with Gasteiger partial charge >= 0.3 is 0 Å². The topological polar surface area (TPSA) is 61.8 Å². The molecule has 9 heteroatoms. The molecule has 30 heavy (non-hydrogen) atoms. The zero-order valence-corrected chi connectivity index (χ0v) is 22.3. The summed E-state index contributed by atoms with van der Waals surface area (Å²) in [4.78, 5) is 14.7. The van der Waals surface area contributed by atoms with Crippen LogP contribution in [0.3, 0.4) is 0 Å². The fraction of sp³-hybridized carbons (Fsp3) is 0.619. The molecule has 3 heterocycles. The molecule has 0 bridgehead atoms. The molecule has 2 aromatic rings. The van der Waals surface area contributed by atoms with E-state index in [4.69, 9.17) is 9.73 Å². The van der Waals surface area contributed by atoms with Gasteiger partial charge in [0.2, 0.25) is 0 Å². The van der Waals surface area contributed by atoms with Crippen molar-refractivity contribution in [1.82, 2.24) is 20.5 Å². The number of aliphatic imine (C=N–C) groups is 1. The molecule has 168 valence electrons. The Bertz CT molecular complexity index is 780. The largest absolute Gasteiger partial charge is 0.376 e. The summed E-state index contributed by atoms with van der Waals surface area (Å²) >= 11 is 3.60. The molecule has 1 aliphatic heterocycles. The fourth-order valence-electron chi connectivity index (χ4n) is 3.61. The Kier molecular flexibility index (Phi) is 11.0. The summed E-state index contributed by atoms with van der Waals surface area (Å²) in [5.41, 5.74) is 1.15. The zero-order chi connectivity index (χ0) is 20.6. The molecule has 0 radical (unpaired) electrons. The first-order chi connectivity index (χ1) is 14.1. The molecule has 1 fully saturated rings. The van der Waals surface area contributed by atoms with Crippen LogP contribution in [-0.4, -0.2) is 61.3 Å². The predicted molar refractivity (Wildman–Crippen MR) is 139 cm³/mol. The van der Waals surface area contributed by atoms with E-state index >= 15 is 0 Å². The standard InChI is InChI=1S/C21H33N5OS2.HI/c1-5-22-21(23-9-8-19-16(3)25-17(4)29-19)24-13-18(20-7-6-12-28-20)26-10-11-27-15(2)14-26;/h6-7,12,15,18H,5,8-11,13-14H2,1-4H3,(H2,22,23,24);1H. The Morgan fingerprint density at radius 3 is 2.87 bits per heavy atom. The highest BCUT2D eigenvalue weighted by Gasteiger charge is 2.26. The lowest BCUT2D eigenvalue weighted by Crippen LogP contribution is -2.44. The van der Waals surface area contributed by atoms with Crippen LogP contribution in [0.5, 0.6) is 0 Å². The van der Waals surface area contributed by atoms with Crippen LogP contribution in [0, 0.1) is 13.8 Å². The molecule has 2 aromatic heterocycles. The van der Waals surface area contributed by atoms with Crippen molar-refractivity contribution in [3.05, 3.63) is 38.0 Å². The molecular weight excluding hydrogens is 529 g/mol. The second-order valence-corrected chi connectivity index (χ2v) is 9.61. The van der Waals surface area contributed by atoms with Crippen LogP contribution >= 0.6 is 46.7 Å². The van der Waals surface area contributed by atoms with E-state index in [1.54, 1.807) is 11.3 Å². The van der Waals surface area contributed by atoms with Crippen LogP contribution in [-0.2, 0) is 11.2 Å². The summed E-state index contributed by atoms with van der Waals surface area (Å²) in [6.45, 7) is 13.5. The molecule has 1 saturated heterocycles. The number of nitrogens with zero attached hydrogens (tertiary/aromatic N) is 3. The first-order valence-corrected chi connectivity index (χ1v) is 12.1. The Hall–Kier alpha value is -0.750. The van der Waals surface area contributed by atoms with Gasteiger partial charge in [0.1, 0.15) is 0 Å². The van der Waals surface area contributed by atoms with Crippen molar-refractivity contribution in [1.29, 1.82) is 0 Å². The molecule has 0 amide bonds. The smallest absolute Gasteiger partial charge is 0.191 e. The van der Waals surface area contributed by atoms with Crippen molar-refractivity contribution in [2.75, 3.05) is 39.3 Å². The molecule has 0 aromatic carbocycles. The molecule has 1 aliphatic rings. The van der Waals surface area contributed by atoms with Gasteiger partial charge in [-0.3, -0.25) is 9.89 Å². The fourth-order valence-corrected chi connectivity index (χ4v) is 5.40. The zero-order valence-electron chi connectivity index (χ0n) is 18.3. The van der Waals surface area contributed by atoms with Gasteiger partial charge in [0.15, 0.2) is 5.96 Å². The predicted octanol–water partition coefficient (Wildman–Crippen LogP) is 4.00. The lowest BCUT2D eigenvalue weighted by Gasteiger charge is -2.36. The lowest BCUT2D eigenvalue weighted by atomic mass is 10.1. The first kappa shape index (κ1) is 25.5. The summed E-state index contributed by atoms with van der Waals surface area (Å²) in [6, 6.07) is 4.65. The van der Waals surface area contributed by atoms with Crippen LogP contribution in [0.4, 0.5) is 0 Å². The number of halogens is 1. The quantitative estimate of drug-likeness (QED) is 0.289. The number of hydrogen-bond donors (Lipinski definition) is 2. The molecular formula is C21H34IN5OS2.